The van der Waals surface area contributed by atoms with Crippen molar-refractivity contribution in [1.82, 2.24) is 0 Å². The Morgan fingerprint density at radius 3 is 2.78 bits per heavy atom. The van der Waals surface area contributed by atoms with Gasteiger partial charge in [-0.1, -0.05) is 6.92 Å². The summed E-state index contributed by atoms with van der Waals surface area (Å²) in [7, 11) is 0. The summed E-state index contributed by atoms with van der Waals surface area (Å²) in [6.07, 6.45) is 1.84. The first-order chi connectivity index (χ1) is 4.33. The van der Waals surface area contributed by atoms with Gasteiger partial charge in [0.15, 0.2) is 0 Å². The Balaban J connectivity index is 2.59. The maximum absolute atomic E-state index is 8.69. The number of hydrogen-bond donors (Lipinski definition) is 0. The zero-order valence-electron chi connectivity index (χ0n) is 5.68. The van der Waals surface area contributed by atoms with Crippen molar-refractivity contribution in [2.24, 2.45) is 5.41 Å². The molecule has 0 unspecified atom stereocenters. The molecule has 9 heavy (non-hydrogen) atoms. The van der Waals surface area contributed by atoms with Gasteiger partial charge in [0, 0.05) is 6.61 Å². The quantitative estimate of drug-likeness (QED) is 0.529. The van der Waals surface area contributed by atoms with E-state index in [2.05, 4.69) is 6.07 Å². The molecule has 0 N–H and O–H groups in total. The summed E-state index contributed by atoms with van der Waals surface area (Å²) in [5.41, 5.74) is -0.139. The van der Waals surface area contributed by atoms with Gasteiger partial charge >= 0.3 is 0 Å². The van der Waals surface area contributed by atoms with Gasteiger partial charge in [-0.3, -0.25) is 0 Å². The van der Waals surface area contributed by atoms with Gasteiger partial charge in [0.2, 0.25) is 0 Å². The Kier molecular flexibility index (Phi) is 1.73. The highest BCUT2D eigenvalue weighted by Gasteiger charge is 2.32. The lowest BCUT2D eigenvalue weighted by Crippen LogP contribution is -2.16. The van der Waals surface area contributed by atoms with Gasteiger partial charge in [-0.05, 0) is 12.8 Å². The molecule has 2 heteroatoms. The number of rotatable bonds is 1. The zero-order chi connectivity index (χ0) is 6.74. The molecule has 0 amide bonds. The fraction of sp³-hybridized carbons (Fsp3) is 0.857. The summed E-state index contributed by atoms with van der Waals surface area (Å²) >= 11 is 0. The average molecular weight is 125 g/mol. The second-order valence-corrected chi connectivity index (χ2v) is 2.55. The predicted molar refractivity (Wildman–Crippen MR) is 33.8 cm³/mol. The van der Waals surface area contributed by atoms with Crippen molar-refractivity contribution in [1.29, 1.82) is 5.26 Å². The van der Waals surface area contributed by atoms with Crippen LogP contribution in [-0.2, 0) is 4.74 Å². The van der Waals surface area contributed by atoms with E-state index >= 15 is 0 Å². The molecule has 2 nitrogen and oxygen atoms in total. The van der Waals surface area contributed by atoms with E-state index in [-0.39, 0.29) is 5.41 Å². The van der Waals surface area contributed by atoms with Gasteiger partial charge in [-0.15, -0.1) is 0 Å². The molecule has 1 atom stereocenters. The first-order valence-corrected chi connectivity index (χ1v) is 3.32. The molecule has 50 valence electrons. The van der Waals surface area contributed by atoms with Crippen molar-refractivity contribution in [3.05, 3.63) is 0 Å². The Morgan fingerprint density at radius 1 is 1.78 bits per heavy atom. The van der Waals surface area contributed by atoms with Crippen LogP contribution in [0.25, 0.3) is 0 Å². The summed E-state index contributed by atoms with van der Waals surface area (Å²) in [6.45, 7) is 3.44. The standard InChI is InChI=1S/C7H11NO/c1-2-7(5-8)3-4-9-6-7/h2-4,6H2,1H3/t7-/m0/s1. The van der Waals surface area contributed by atoms with E-state index in [4.69, 9.17) is 10.00 Å². The van der Waals surface area contributed by atoms with Crippen molar-refractivity contribution in [3.63, 3.8) is 0 Å². The molecule has 1 fully saturated rings. The van der Waals surface area contributed by atoms with Gasteiger partial charge in [-0.2, -0.15) is 5.26 Å². The van der Waals surface area contributed by atoms with Gasteiger partial charge in [0.05, 0.1) is 18.1 Å². The van der Waals surface area contributed by atoms with Crippen molar-refractivity contribution in [3.8, 4) is 6.07 Å². The molecular weight excluding hydrogens is 114 g/mol. The van der Waals surface area contributed by atoms with E-state index in [0.29, 0.717) is 6.61 Å². The maximum atomic E-state index is 8.69. The van der Waals surface area contributed by atoms with Crippen molar-refractivity contribution in [2.75, 3.05) is 13.2 Å². The maximum Gasteiger partial charge on any atom is 0.0826 e. The van der Waals surface area contributed by atoms with Gasteiger partial charge < -0.3 is 4.74 Å². The molecule has 0 saturated carbocycles. The monoisotopic (exact) mass is 125 g/mol. The smallest absolute Gasteiger partial charge is 0.0826 e. The minimum absolute atomic E-state index is 0.139. The van der Waals surface area contributed by atoms with Crippen LogP contribution in [0.15, 0.2) is 0 Å². The summed E-state index contributed by atoms with van der Waals surface area (Å²) in [5.74, 6) is 0. The number of nitriles is 1. The Bertz CT molecular complexity index is 130. The van der Waals surface area contributed by atoms with Crippen molar-refractivity contribution in [2.45, 2.75) is 19.8 Å². The normalized spacial score (nSPS) is 34.2. The highest BCUT2D eigenvalue weighted by molar-refractivity contribution is 5.00. The minimum atomic E-state index is -0.139. The third-order valence-corrected chi connectivity index (χ3v) is 2.02. The van der Waals surface area contributed by atoms with E-state index < -0.39 is 0 Å². The third-order valence-electron chi connectivity index (χ3n) is 2.02. The zero-order valence-corrected chi connectivity index (χ0v) is 5.68. The molecule has 1 rings (SSSR count). The number of hydrogen-bond acceptors (Lipinski definition) is 2. The Labute approximate surface area is 55.4 Å². The van der Waals surface area contributed by atoms with Crippen LogP contribution in [-0.4, -0.2) is 13.2 Å². The number of nitrogens with zero attached hydrogens (tertiary/aromatic N) is 1. The van der Waals surface area contributed by atoms with Crippen LogP contribution in [0.3, 0.4) is 0 Å². The van der Waals surface area contributed by atoms with Crippen molar-refractivity contribution < 1.29 is 4.74 Å². The Hall–Kier alpha value is -0.550. The predicted octanol–water partition coefficient (Wildman–Crippen LogP) is 1.33. The molecule has 0 spiro atoms. The van der Waals surface area contributed by atoms with Crippen LogP contribution in [0.2, 0.25) is 0 Å². The fourth-order valence-electron chi connectivity index (χ4n) is 1.05. The van der Waals surface area contributed by atoms with Crippen LogP contribution in [0.4, 0.5) is 0 Å². The molecule has 1 aliphatic heterocycles. The highest BCUT2D eigenvalue weighted by atomic mass is 16.5. The first kappa shape index (κ1) is 6.57. The van der Waals surface area contributed by atoms with Crippen LogP contribution in [0, 0.1) is 16.7 Å². The van der Waals surface area contributed by atoms with E-state index in [9.17, 15) is 0 Å². The first-order valence-electron chi connectivity index (χ1n) is 3.32. The molecule has 0 bridgehead atoms. The second-order valence-electron chi connectivity index (χ2n) is 2.55. The lowest BCUT2D eigenvalue weighted by molar-refractivity contribution is 0.170. The topological polar surface area (TPSA) is 33.0 Å². The SMILES string of the molecule is CC[C@@]1(C#N)CCOC1. The van der Waals surface area contributed by atoms with Gasteiger partial charge in [0.25, 0.3) is 0 Å². The van der Waals surface area contributed by atoms with E-state index in [0.717, 1.165) is 19.4 Å². The summed E-state index contributed by atoms with van der Waals surface area (Å²) in [4.78, 5) is 0. The highest BCUT2D eigenvalue weighted by Crippen LogP contribution is 2.30. The fourth-order valence-corrected chi connectivity index (χ4v) is 1.05. The average Bonchev–Trinajstić information content (AvgIpc) is 2.36. The summed E-state index contributed by atoms with van der Waals surface area (Å²) in [5, 5.41) is 8.69. The molecule has 1 saturated heterocycles. The molecule has 1 heterocycles. The van der Waals surface area contributed by atoms with Crippen LogP contribution >= 0.6 is 0 Å². The van der Waals surface area contributed by atoms with Crippen molar-refractivity contribution >= 4 is 0 Å². The molecule has 0 aromatic carbocycles. The molecule has 0 aromatic heterocycles. The molecular formula is C7H11NO. The molecule has 0 aliphatic carbocycles. The van der Waals surface area contributed by atoms with Crippen LogP contribution in [0.5, 0.6) is 0 Å². The number of ether oxygens (including phenoxy) is 1. The lowest BCUT2D eigenvalue weighted by atomic mass is 9.87. The third kappa shape index (κ3) is 1.06. The van der Waals surface area contributed by atoms with Crippen LogP contribution < -0.4 is 0 Å². The van der Waals surface area contributed by atoms with Crippen LogP contribution in [0.1, 0.15) is 19.8 Å². The largest absolute Gasteiger partial charge is 0.380 e. The van der Waals surface area contributed by atoms with E-state index in [1.807, 2.05) is 6.92 Å². The summed E-state index contributed by atoms with van der Waals surface area (Å²) < 4.78 is 5.12. The van der Waals surface area contributed by atoms with Gasteiger partial charge in [0.1, 0.15) is 0 Å². The van der Waals surface area contributed by atoms with Gasteiger partial charge in [-0.25, -0.2) is 0 Å². The Morgan fingerprint density at radius 2 is 2.56 bits per heavy atom. The molecule has 0 radical (unpaired) electrons. The molecule has 0 aromatic rings. The van der Waals surface area contributed by atoms with E-state index in [1.54, 1.807) is 0 Å². The second kappa shape index (κ2) is 2.36. The minimum Gasteiger partial charge on any atom is -0.380 e. The lowest BCUT2D eigenvalue weighted by Gasteiger charge is -2.13. The molecule has 1 aliphatic rings. The van der Waals surface area contributed by atoms with E-state index in [1.165, 1.54) is 0 Å². The summed E-state index contributed by atoms with van der Waals surface area (Å²) in [6, 6.07) is 2.30.